The van der Waals surface area contributed by atoms with Gasteiger partial charge < -0.3 is 14.8 Å². The van der Waals surface area contributed by atoms with Crippen LogP contribution in [0.25, 0.3) is 5.69 Å². The highest BCUT2D eigenvalue weighted by molar-refractivity contribution is 5.92. The van der Waals surface area contributed by atoms with Gasteiger partial charge >= 0.3 is 0 Å². The van der Waals surface area contributed by atoms with Gasteiger partial charge in [-0.3, -0.25) is 4.79 Å². The first-order valence-electron chi connectivity index (χ1n) is 6.84. The lowest BCUT2D eigenvalue weighted by Crippen LogP contribution is -2.19. The Hall–Kier alpha value is -2.32. The topological polar surface area (TPSA) is 91.2 Å². The van der Waals surface area contributed by atoms with Crippen LogP contribution in [0.5, 0.6) is 0 Å². The molecule has 0 atom stereocenters. The molecule has 1 amide bonds. The maximum absolute atomic E-state index is 11.8. The van der Waals surface area contributed by atoms with Gasteiger partial charge in [-0.1, -0.05) is 6.07 Å². The number of aromatic nitrogens is 4. The van der Waals surface area contributed by atoms with Crippen LogP contribution in [0.4, 0.5) is 5.69 Å². The van der Waals surface area contributed by atoms with Crippen molar-refractivity contribution in [3.05, 3.63) is 29.6 Å². The number of benzene rings is 1. The lowest BCUT2D eigenvalue weighted by Gasteiger charge is -2.10. The average molecular weight is 305 g/mol. The second kappa shape index (κ2) is 7.62. The maximum Gasteiger partial charge on any atom is 0.250 e. The molecule has 0 saturated carbocycles. The van der Waals surface area contributed by atoms with Gasteiger partial charge in [0.05, 0.1) is 18.9 Å². The predicted octanol–water partition coefficient (Wildman–Crippen LogP) is 0.881. The molecule has 0 radical (unpaired) electrons. The van der Waals surface area contributed by atoms with Crippen molar-refractivity contribution in [2.75, 3.05) is 32.2 Å². The zero-order valence-corrected chi connectivity index (χ0v) is 12.9. The zero-order chi connectivity index (χ0) is 15.9. The number of amides is 1. The summed E-state index contributed by atoms with van der Waals surface area (Å²) in [7, 11) is 1.58. The van der Waals surface area contributed by atoms with Crippen LogP contribution in [0.2, 0.25) is 0 Å². The van der Waals surface area contributed by atoms with E-state index in [1.165, 1.54) is 0 Å². The SMILES string of the molecule is COCCOCC(=O)Nc1ccc(C)c(-n2nnnc2C)c1. The number of ether oxygens (including phenoxy) is 2. The van der Waals surface area contributed by atoms with Crippen LogP contribution in [0, 0.1) is 13.8 Å². The molecule has 0 aliphatic carbocycles. The lowest BCUT2D eigenvalue weighted by atomic mass is 10.2. The summed E-state index contributed by atoms with van der Waals surface area (Å²) >= 11 is 0. The molecule has 0 aliphatic heterocycles. The molecule has 0 bridgehead atoms. The summed E-state index contributed by atoms with van der Waals surface area (Å²) < 4.78 is 11.6. The molecule has 22 heavy (non-hydrogen) atoms. The van der Waals surface area contributed by atoms with Gasteiger partial charge in [-0.2, -0.15) is 4.68 Å². The van der Waals surface area contributed by atoms with E-state index >= 15 is 0 Å². The number of carbonyl (C=O) groups excluding carboxylic acids is 1. The number of rotatable bonds is 7. The van der Waals surface area contributed by atoms with Crippen molar-refractivity contribution in [3.63, 3.8) is 0 Å². The van der Waals surface area contributed by atoms with E-state index < -0.39 is 0 Å². The van der Waals surface area contributed by atoms with Gasteiger partial charge in [0, 0.05) is 12.8 Å². The predicted molar refractivity (Wildman–Crippen MR) is 80.0 cm³/mol. The summed E-state index contributed by atoms with van der Waals surface area (Å²) in [6.45, 7) is 4.59. The molecule has 1 heterocycles. The Labute approximate surface area is 128 Å². The van der Waals surface area contributed by atoms with Gasteiger partial charge in [0.15, 0.2) is 5.82 Å². The minimum Gasteiger partial charge on any atom is -0.382 e. The smallest absolute Gasteiger partial charge is 0.250 e. The van der Waals surface area contributed by atoms with Gasteiger partial charge in [-0.25, -0.2) is 0 Å². The molecule has 0 saturated heterocycles. The van der Waals surface area contributed by atoms with Gasteiger partial charge in [0.2, 0.25) is 5.91 Å². The van der Waals surface area contributed by atoms with E-state index in [0.29, 0.717) is 24.7 Å². The average Bonchev–Trinajstić information content (AvgIpc) is 2.92. The van der Waals surface area contributed by atoms with Crippen molar-refractivity contribution in [2.24, 2.45) is 0 Å². The lowest BCUT2D eigenvalue weighted by molar-refractivity contribution is -0.121. The molecule has 8 heteroatoms. The van der Waals surface area contributed by atoms with Crippen LogP contribution in [-0.2, 0) is 14.3 Å². The van der Waals surface area contributed by atoms with E-state index in [1.807, 2.05) is 32.0 Å². The van der Waals surface area contributed by atoms with Gasteiger partial charge in [0.1, 0.15) is 6.61 Å². The minimum atomic E-state index is -0.223. The second-order valence-corrected chi connectivity index (χ2v) is 4.73. The number of aryl methyl sites for hydroxylation is 2. The molecule has 1 aromatic carbocycles. The molecule has 1 aromatic heterocycles. The number of hydrogen-bond acceptors (Lipinski definition) is 6. The van der Waals surface area contributed by atoms with E-state index in [9.17, 15) is 4.79 Å². The van der Waals surface area contributed by atoms with E-state index in [-0.39, 0.29) is 12.5 Å². The van der Waals surface area contributed by atoms with Crippen molar-refractivity contribution < 1.29 is 14.3 Å². The Morgan fingerprint density at radius 2 is 2.14 bits per heavy atom. The molecule has 0 aliphatic rings. The normalized spacial score (nSPS) is 10.7. The first kappa shape index (κ1) is 16.1. The molecule has 118 valence electrons. The Bertz CT molecular complexity index is 641. The molecule has 1 N–H and O–H groups in total. The monoisotopic (exact) mass is 305 g/mol. The van der Waals surface area contributed by atoms with E-state index in [4.69, 9.17) is 9.47 Å². The fraction of sp³-hybridized carbons (Fsp3) is 0.429. The molecular weight excluding hydrogens is 286 g/mol. The Morgan fingerprint density at radius 3 is 2.82 bits per heavy atom. The number of anilines is 1. The first-order valence-corrected chi connectivity index (χ1v) is 6.84. The number of methoxy groups -OCH3 is 1. The number of tetrazole rings is 1. The summed E-state index contributed by atoms with van der Waals surface area (Å²) in [5.41, 5.74) is 2.49. The zero-order valence-electron chi connectivity index (χ0n) is 12.9. The summed E-state index contributed by atoms with van der Waals surface area (Å²) in [6.07, 6.45) is 0. The third kappa shape index (κ3) is 4.09. The number of carbonyl (C=O) groups is 1. The van der Waals surface area contributed by atoms with Crippen molar-refractivity contribution in [1.82, 2.24) is 20.2 Å². The highest BCUT2D eigenvalue weighted by atomic mass is 16.5. The molecule has 0 unspecified atom stereocenters. The van der Waals surface area contributed by atoms with E-state index in [0.717, 1.165) is 11.3 Å². The third-order valence-electron chi connectivity index (χ3n) is 3.01. The quantitative estimate of drug-likeness (QED) is 0.764. The molecule has 0 fully saturated rings. The molecule has 0 spiro atoms. The molecule has 2 aromatic rings. The van der Waals surface area contributed by atoms with Gasteiger partial charge in [-0.05, 0) is 42.0 Å². The summed E-state index contributed by atoms with van der Waals surface area (Å²) in [5.74, 6) is 0.453. The summed E-state index contributed by atoms with van der Waals surface area (Å²) in [6, 6.07) is 5.55. The largest absolute Gasteiger partial charge is 0.382 e. The number of hydrogen-bond donors (Lipinski definition) is 1. The molecular formula is C14H19N5O3. The van der Waals surface area contributed by atoms with E-state index in [2.05, 4.69) is 20.8 Å². The first-order chi connectivity index (χ1) is 10.6. The highest BCUT2D eigenvalue weighted by Crippen LogP contribution is 2.19. The Balaban J connectivity index is 2.04. The van der Waals surface area contributed by atoms with Crippen molar-refractivity contribution in [2.45, 2.75) is 13.8 Å². The number of nitrogens with zero attached hydrogens (tertiary/aromatic N) is 4. The Morgan fingerprint density at radius 1 is 1.32 bits per heavy atom. The van der Waals surface area contributed by atoms with Crippen molar-refractivity contribution >= 4 is 11.6 Å². The summed E-state index contributed by atoms with van der Waals surface area (Å²) in [4.78, 5) is 11.8. The highest BCUT2D eigenvalue weighted by Gasteiger charge is 2.09. The number of nitrogens with one attached hydrogen (secondary N) is 1. The summed E-state index contributed by atoms with van der Waals surface area (Å²) in [5, 5.41) is 14.2. The maximum atomic E-state index is 11.8. The van der Waals surface area contributed by atoms with Crippen LogP contribution in [0.1, 0.15) is 11.4 Å². The van der Waals surface area contributed by atoms with E-state index in [1.54, 1.807) is 11.8 Å². The van der Waals surface area contributed by atoms with Gasteiger partial charge in [-0.15, -0.1) is 5.10 Å². The standard InChI is InChI=1S/C14H19N5O3/c1-10-4-5-12(15-14(20)9-22-7-6-21-3)8-13(10)19-11(2)16-17-18-19/h4-5,8H,6-7,9H2,1-3H3,(H,15,20). The second-order valence-electron chi connectivity index (χ2n) is 4.73. The van der Waals surface area contributed by atoms with Crippen LogP contribution in [0.15, 0.2) is 18.2 Å². The minimum absolute atomic E-state index is 0.0174. The van der Waals surface area contributed by atoms with Crippen LogP contribution in [-0.4, -0.2) is 53.0 Å². The van der Waals surface area contributed by atoms with Gasteiger partial charge in [0.25, 0.3) is 0 Å². The van der Waals surface area contributed by atoms with Crippen molar-refractivity contribution in [1.29, 1.82) is 0 Å². The van der Waals surface area contributed by atoms with Crippen LogP contribution >= 0.6 is 0 Å². The fourth-order valence-electron chi connectivity index (χ4n) is 1.87. The third-order valence-corrected chi connectivity index (χ3v) is 3.01. The fourth-order valence-corrected chi connectivity index (χ4v) is 1.87. The molecule has 2 rings (SSSR count). The molecule has 8 nitrogen and oxygen atoms in total. The Kier molecular flexibility index (Phi) is 5.56. The van der Waals surface area contributed by atoms with Crippen LogP contribution < -0.4 is 5.32 Å². The van der Waals surface area contributed by atoms with Crippen molar-refractivity contribution in [3.8, 4) is 5.69 Å². The van der Waals surface area contributed by atoms with Crippen LogP contribution in [0.3, 0.4) is 0 Å².